The fraction of sp³-hybridized carbons (Fsp3) is 0.750. The maximum Gasteiger partial charge on any atom is 0.320 e. The van der Waals surface area contributed by atoms with Crippen molar-refractivity contribution in [1.29, 1.82) is 0 Å². The summed E-state index contributed by atoms with van der Waals surface area (Å²) < 4.78 is 0. The molecule has 0 aromatic heterocycles. The summed E-state index contributed by atoms with van der Waals surface area (Å²) >= 11 is 0. The molecule has 13 heavy (non-hydrogen) atoms. The number of nitrogens with two attached hydrogens (primary N) is 1. The second kappa shape index (κ2) is 4.23. The Morgan fingerprint density at radius 2 is 2.00 bits per heavy atom. The number of nitrogens with one attached hydrogen (secondary N) is 1. The number of aliphatic carboxylic acids is 1. The molecule has 0 saturated carbocycles. The number of carbonyl (C=O) groups is 2. The molecule has 4 N–H and O–H groups in total. The lowest BCUT2D eigenvalue weighted by molar-refractivity contribution is -0.139. The van der Waals surface area contributed by atoms with Crippen LogP contribution in [-0.4, -0.2) is 29.6 Å². The maximum absolute atomic E-state index is 10.8. The van der Waals surface area contributed by atoms with Gasteiger partial charge in [0.15, 0.2) is 0 Å². The summed E-state index contributed by atoms with van der Waals surface area (Å²) in [5.41, 5.74) is 4.39. The first-order chi connectivity index (χ1) is 5.77. The van der Waals surface area contributed by atoms with E-state index in [4.69, 9.17) is 10.8 Å². The van der Waals surface area contributed by atoms with Gasteiger partial charge in [-0.1, -0.05) is 0 Å². The largest absolute Gasteiger partial charge is 0.480 e. The smallest absolute Gasteiger partial charge is 0.320 e. The van der Waals surface area contributed by atoms with Crippen molar-refractivity contribution in [3.63, 3.8) is 0 Å². The third-order valence-electron chi connectivity index (χ3n) is 1.89. The summed E-state index contributed by atoms with van der Waals surface area (Å²) in [5, 5.41) is 11.2. The summed E-state index contributed by atoms with van der Waals surface area (Å²) in [4.78, 5) is 21.2. The van der Waals surface area contributed by atoms with E-state index in [-0.39, 0.29) is 6.54 Å². The van der Waals surface area contributed by atoms with E-state index in [9.17, 15) is 9.59 Å². The molecule has 0 aliphatic heterocycles. The van der Waals surface area contributed by atoms with E-state index in [1.165, 1.54) is 6.92 Å². The number of carboxylic acids is 1. The predicted molar refractivity (Wildman–Crippen MR) is 48.1 cm³/mol. The maximum atomic E-state index is 10.8. The third kappa shape index (κ3) is 3.89. The topological polar surface area (TPSA) is 92.4 Å². The molecule has 0 saturated heterocycles. The fourth-order valence-electron chi connectivity index (χ4n) is 0.583. The van der Waals surface area contributed by atoms with Crippen molar-refractivity contribution in [3.05, 3.63) is 0 Å². The number of rotatable bonds is 5. The van der Waals surface area contributed by atoms with Gasteiger partial charge in [-0.25, -0.2) is 0 Å². The second-order valence-corrected chi connectivity index (χ2v) is 3.69. The van der Waals surface area contributed by atoms with Gasteiger partial charge in [-0.2, -0.15) is 0 Å². The van der Waals surface area contributed by atoms with E-state index in [1.807, 2.05) is 0 Å². The summed E-state index contributed by atoms with van der Waals surface area (Å²) in [7, 11) is 0. The Labute approximate surface area is 77.3 Å². The van der Waals surface area contributed by atoms with Gasteiger partial charge >= 0.3 is 5.97 Å². The van der Waals surface area contributed by atoms with E-state index < -0.39 is 23.3 Å². The van der Waals surface area contributed by atoms with Gasteiger partial charge in [0.05, 0.1) is 5.41 Å². The van der Waals surface area contributed by atoms with Crippen LogP contribution < -0.4 is 11.1 Å². The Morgan fingerprint density at radius 1 is 1.54 bits per heavy atom. The zero-order chi connectivity index (χ0) is 10.6. The minimum Gasteiger partial charge on any atom is -0.480 e. The molecule has 76 valence electrons. The molecule has 5 nitrogen and oxygen atoms in total. The molecule has 0 heterocycles. The molecule has 0 radical (unpaired) electrons. The minimum atomic E-state index is -0.944. The first-order valence-corrected chi connectivity index (χ1v) is 4.03. The Bertz CT molecular complexity index is 213. The molecule has 5 heteroatoms. The van der Waals surface area contributed by atoms with Gasteiger partial charge in [-0.15, -0.1) is 0 Å². The van der Waals surface area contributed by atoms with Crippen LogP contribution in [0, 0.1) is 5.41 Å². The fourth-order valence-corrected chi connectivity index (χ4v) is 0.583. The van der Waals surface area contributed by atoms with Crippen molar-refractivity contribution in [2.75, 3.05) is 6.54 Å². The predicted octanol–water partition coefficient (Wildman–Crippen LogP) is -0.439. The van der Waals surface area contributed by atoms with Crippen molar-refractivity contribution in [3.8, 4) is 0 Å². The van der Waals surface area contributed by atoms with Crippen molar-refractivity contribution in [1.82, 2.24) is 5.32 Å². The van der Waals surface area contributed by atoms with Crippen LogP contribution in [0.2, 0.25) is 0 Å². The normalized spacial score (nSPS) is 13.8. The number of primary amides is 1. The van der Waals surface area contributed by atoms with Crippen LogP contribution >= 0.6 is 0 Å². The summed E-state index contributed by atoms with van der Waals surface area (Å²) in [6, 6.07) is -0.668. The van der Waals surface area contributed by atoms with Gasteiger partial charge in [-0.05, 0) is 20.8 Å². The SMILES string of the molecule is CC(NCC(C)(C)C(N)=O)C(=O)O. The highest BCUT2D eigenvalue weighted by Crippen LogP contribution is 2.11. The van der Waals surface area contributed by atoms with Gasteiger partial charge in [0, 0.05) is 6.54 Å². The monoisotopic (exact) mass is 188 g/mol. The molecular weight excluding hydrogens is 172 g/mol. The molecule has 0 aromatic rings. The zero-order valence-corrected chi connectivity index (χ0v) is 8.13. The Morgan fingerprint density at radius 3 is 2.31 bits per heavy atom. The van der Waals surface area contributed by atoms with Gasteiger partial charge in [0.1, 0.15) is 6.04 Å². The second-order valence-electron chi connectivity index (χ2n) is 3.69. The van der Waals surface area contributed by atoms with E-state index >= 15 is 0 Å². The van der Waals surface area contributed by atoms with Crippen molar-refractivity contribution in [2.45, 2.75) is 26.8 Å². The lowest BCUT2D eigenvalue weighted by atomic mass is 9.92. The minimum absolute atomic E-state index is 0.260. The summed E-state index contributed by atoms with van der Waals surface area (Å²) in [5.74, 6) is -1.39. The Hall–Kier alpha value is -1.10. The quantitative estimate of drug-likeness (QED) is 0.545. The molecule has 1 unspecified atom stereocenters. The van der Waals surface area contributed by atoms with Crippen molar-refractivity contribution < 1.29 is 14.7 Å². The lowest BCUT2D eigenvalue weighted by Gasteiger charge is -2.22. The average molecular weight is 188 g/mol. The first kappa shape index (κ1) is 11.9. The molecule has 0 aliphatic carbocycles. The van der Waals surface area contributed by atoms with Crippen LogP contribution in [0.3, 0.4) is 0 Å². The molecule has 0 bridgehead atoms. The molecular formula is C8H16N2O3. The molecule has 1 amide bonds. The number of carboxylic acid groups (broad SMARTS) is 1. The zero-order valence-electron chi connectivity index (χ0n) is 8.13. The Kier molecular flexibility index (Phi) is 3.87. The molecule has 0 spiro atoms. The van der Waals surface area contributed by atoms with Crippen LogP contribution in [-0.2, 0) is 9.59 Å². The molecule has 0 fully saturated rings. The number of hydrogen-bond acceptors (Lipinski definition) is 3. The number of carbonyl (C=O) groups excluding carboxylic acids is 1. The van der Waals surface area contributed by atoms with E-state index in [0.29, 0.717) is 0 Å². The highest BCUT2D eigenvalue weighted by molar-refractivity contribution is 5.80. The van der Waals surface area contributed by atoms with Gasteiger partial charge in [-0.3, -0.25) is 9.59 Å². The van der Waals surface area contributed by atoms with Crippen molar-refractivity contribution in [2.24, 2.45) is 11.1 Å². The summed E-state index contributed by atoms with van der Waals surface area (Å²) in [6.07, 6.45) is 0. The van der Waals surface area contributed by atoms with Crippen LogP contribution in [0.1, 0.15) is 20.8 Å². The van der Waals surface area contributed by atoms with Gasteiger partial charge in [0.2, 0.25) is 5.91 Å². The van der Waals surface area contributed by atoms with Crippen LogP contribution in [0.15, 0.2) is 0 Å². The summed E-state index contributed by atoms with van der Waals surface area (Å²) in [6.45, 7) is 5.10. The van der Waals surface area contributed by atoms with E-state index in [1.54, 1.807) is 13.8 Å². The molecule has 0 aromatic carbocycles. The van der Waals surface area contributed by atoms with E-state index in [2.05, 4.69) is 5.32 Å². The molecule has 0 rings (SSSR count). The average Bonchev–Trinajstić information content (AvgIpc) is 1.99. The lowest BCUT2D eigenvalue weighted by Crippen LogP contribution is -2.45. The Balaban J connectivity index is 4.02. The first-order valence-electron chi connectivity index (χ1n) is 4.03. The molecule has 0 aliphatic rings. The highest BCUT2D eigenvalue weighted by atomic mass is 16.4. The van der Waals surface area contributed by atoms with Crippen molar-refractivity contribution >= 4 is 11.9 Å². The van der Waals surface area contributed by atoms with Crippen LogP contribution in [0.4, 0.5) is 0 Å². The van der Waals surface area contributed by atoms with Gasteiger partial charge < -0.3 is 16.2 Å². The number of hydrogen-bond donors (Lipinski definition) is 3. The van der Waals surface area contributed by atoms with E-state index in [0.717, 1.165) is 0 Å². The van der Waals surface area contributed by atoms with Crippen LogP contribution in [0.25, 0.3) is 0 Å². The number of amides is 1. The highest BCUT2D eigenvalue weighted by Gasteiger charge is 2.26. The standard InChI is InChI=1S/C8H16N2O3/c1-5(6(11)12)10-4-8(2,3)7(9)13/h5,10H,4H2,1-3H3,(H2,9,13)(H,11,12). The van der Waals surface area contributed by atoms with Crippen LogP contribution in [0.5, 0.6) is 0 Å². The molecule has 1 atom stereocenters. The third-order valence-corrected chi connectivity index (χ3v) is 1.89. The van der Waals surface area contributed by atoms with Gasteiger partial charge in [0.25, 0.3) is 0 Å².